The first-order valence-corrected chi connectivity index (χ1v) is 6.45. The monoisotopic (exact) mass is 254 g/mol. The molecule has 0 spiro atoms. The van der Waals surface area contributed by atoms with Crippen LogP contribution >= 0.6 is 0 Å². The summed E-state index contributed by atoms with van der Waals surface area (Å²) in [6.45, 7) is 5.13. The van der Waals surface area contributed by atoms with Crippen molar-refractivity contribution in [2.75, 3.05) is 6.54 Å². The van der Waals surface area contributed by atoms with Crippen molar-refractivity contribution in [3.8, 4) is 0 Å². The normalized spacial score (nSPS) is 25.7. The molecular formula is C14H20F2N2. The zero-order valence-corrected chi connectivity index (χ0v) is 10.9. The highest BCUT2D eigenvalue weighted by atomic mass is 19.2. The highest BCUT2D eigenvalue weighted by Crippen LogP contribution is 2.32. The zero-order valence-electron chi connectivity index (χ0n) is 10.9. The third-order valence-corrected chi connectivity index (χ3v) is 3.68. The number of piperidine rings is 1. The molecule has 1 aromatic carbocycles. The van der Waals surface area contributed by atoms with Crippen LogP contribution in [0.1, 0.15) is 38.3 Å². The number of nitrogens with zero attached hydrogens (tertiary/aromatic N) is 1. The predicted octanol–water partition coefficient (Wildman–Crippen LogP) is 2.84. The minimum absolute atomic E-state index is 0.0869. The maximum atomic E-state index is 13.3. The van der Waals surface area contributed by atoms with Gasteiger partial charge in [0.05, 0.1) is 0 Å². The third kappa shape index (κ3) is 2.70. The van der Waals surface area contributed by atoms with Crippen molar-refractivity contribution in [2.45, 2.75) is 44.8 Å². The van der Waals surface area contributed by atoms with Crippen LogP contribution < -0.4 is 5.73 Å². The first kappa shape index (κ1) is 13.4. The van der Waals surface area contributed by atoms with Gasteiger partial charge in [0.2, 0.25) is 0 Å². The first-order chi connectivity index (χ1) is 8.49. The topological polar surface area (TPSA) is 29.3 Å². The number of likely N-dealkylation sites (tertiary alicyclic amines) is 1. The maximum absolute atomic E-state index is 13.3. The smallest absolute Gasteiger partial charge is 0.159 e. The van der Waals surface area contributed by atoms with E-state index in [1.54, 1.807) is 6.07 Å². The van der Waals surface area contributed by atoms with Crippen LogP contribution in [0.2, 0.25) is 0 Å². The molecule has 0 saturated carbocycles. The standard InChI is InChI=1S/C14H20F2N2/c1-9(2)18-6-5-11(17)8-14(18)10-3-4-12(15)13(16)7-10/h3-4,7,9,11,14H,5-6,8,17H2,1-2H3/t11-,14+/m1/s1. The predicted molar refractivity (Wildman–Crippen MR) is 68.2 cm³/mol. The summed E-state index contributed by atoms with van der Waals surface area (Å²) in [6, 6.07) is 4.75. The second kappa shape index (κ2) is 5.33. The lowest BCUT2D eigenvalue weighted by molar-refractivity contribution is 0.101. The van der Waals surface area contributed by atoms with Crippen molar-refractivity contribution in [1.29, 1.82) is 0 Å². The Hall–Kier alpha value is -1.00. The lowest BCUT2D eigenvalue weighted by Gasteiger charge is -2.41. The molecule has 1 aliphatic heterocycles. The van der Waals surface area contributed by atoms with E-state index in [1.165, 1.54) is 12.1 Å². The van der Waals surface area contributed by atoms with E-state index < -0.39 is 11.6 Å². The van der Waals surface area contributed by atoms with E-state index in [4.69, 9.17) is 5.73 Å². The minimum Gasteiger partial charge on any atom is -0.328 e. The Balaban J connectivity index is 2.29. The molecule has 0 aromatic heterocycles. The van der Waals surface area contributed by atoms with Crippen LogP contribution in [0.3, 0.4) is 0 Å². The van der Waals surface area contributed by atoms with Gasteiger partial charge >= 0.3 is 0 Å². The fourth-order valence-electron chi connectivity index (χ4n) is 2.68. The van der Waals surface area contributed by atoms with Crippen LogP contribution in [0.25, 0.3) is 0 Å². The van der Waals surface area contributed by atoms with Gasteiger partial charge in [-0.25, -0.2) is 8.78 Å². The molecule has 1 heterocycles. The van der Waals surface area contributed by atoms with Gasteiger partial charge in [0, 0.05) is 24.7 Å². The van der Waals surface area contributed by atoms with Crippen molar-refractivity contribution in [3.05, 3.63) is 35.4 Å². The molecule has 0 bridgehead atoms. The molecule has 2 rings (SSSR count). The highest BCUT2D eigenvalue weighted by Gasteiger charge is 2.29. The Kier molecular flexibility index (Phi) is 3.97. The Morgan fingerprint density at radius 3 is 2.61 bits per heavy atom. The lowest BCUT2D eigenvalue weighted by Crippen LogP contribution is -2.45. The molecule has 0 amide bonds. The largest absolute Gasteiger partial charge is 0.328 e. The molecule has 1 aliphatic rings. The Bertz CT molecular complexity index is 420. The summed E-state index contributed by atoms with van der Waals surface area (Å²) >= 11 is 0. The molecule has 18 heavy (non-hydrogen) atoms. The van der Waals surface area contributed by atoms with Crippen molar-refractivity contribution in [3.63, 3.8) is 0 Å². The average Bonchev–Trinajstić information content (AvgIpc) is 2.32. The molecule has 100 valence electrons. The van der Waals surface area contributed by atoms with Gasteiger partial charge in [0.25, 0.3) is 0 Å². The maximum Gasteiger partial charge on any atom is 0.159 e. The van der Waals surface area contributed by atoms with E-state index in [0.717, 1.165) is 24.9 Å². The van der Waals surface area contributed by atoms with Gasteiger partial charge < -0.3 is 5.73 Å². The van der Waals surface area contributed by atoms with E-state index in [0.29, 0.717) is 6.04 Å². The molecule has 4 heteroatoms. The van der Waals surface area contributed by atoms with Crippen LogP contribution in [0.4, 0.5) is 8.78 Å². The Morgan fingerprint density at radius 2 is 2.00 bits per heavy atom. The molecule has 0 aliphatic carbocycles. The summed E-state index contributed by atoms with van der Waals surface area (Å²) in [7, 11) is 0. The summed E-state index contributed by atoms with van der Waals surface area (Å²) in [6.07, 6.45) is 1.75. The molecule has 1 saturated heterocycles. The average molecular weight is 254 g/mol. The number of nitrogens with two attached hydrogens (primary N) is 1. The molecule has 2 nitrogen and oxygen atoms in total. The van der Waals surface area contributed by atoms with Gasteiger partial charge in [-0.2, -0.15) is 0 Å². The molecule has 2 atom stereocenters. The van der Waals surface area contributed by atoms with Crippen LogP contribution in [0.5, 0.6) is 0 Å². The van der Waals surface area contributed by atoms with Gasteiger partial charge in [-0.15, -0.1) is 0 Å². The first-order valence-electron chi connectivity index (χ1n) is 6.45. The molecule has 1 aromatic rings. The van der Waals surface area contributed by atoms with E-state index in [-0.39, 0.29) is 12.1 Å². The van der Waals surface area contributed by atoms with Crippen molar-refractivity contribution >= 4 is 0 Å². The highest BCUT2D eigenvalue weighted by molar-refractivity contribution is 5.22. The fourth-order valence-corrected chi connectivity index (χ4v) is 2.68. The second-order valence-corrected chi connectivity index (χ2v) is 5.31. The van der Waals surface area contributed by atoms with Gasteiger partial charge in [-0.05, 0) is 44.4 Å². The number of halogens is 2. The Labute approximate surface area is 107 Å². The molecule has 1 fully saturated rings. The number of hydrogen-bond acceptors (Lipinski definition) is 2. The lowest BCUT2D eigenvalue weighted by atomic mass is 9.91. The van der Waals surface area contributed by atoms with Gasteiger partial charge in [-0.3, -0.25) is 4.90 Å². The van der Waals surface area contributed by atoms with Gasteiger partial charge in [0.1, 0.15) is 0 Å². The van der Waals surface area contributed by atoms with Crippen LogP contribution in [-0.2, 0) is 0 Å². The van der Waals surface area contributed by atoms with E-state index in [2.05, 4.69) is 18.7 Å². The van der Waals surface area contributed by atoms with Gasteiger partial charge in [-0.1, -0.05) is 6.07 Å². The summed E-state index contributed by atoms with van der Waals surface area (Å²) in [5.74, 6) is -1.58. The van der Waals surface area contributed by atoms with Crippen LogP contribution in [0, 0.1) is 11.6 Å². The molecule has 0 unspecified atom stereocenters. The second-order valence-electron chi connectivity index (χ2n) is 5.31. The molecule has 0 radical (unpaired) electrons. The van der Waals surface area contributed by atoms with Crippen molar-refractivity contribution in [1.82, 2.24) is 4.90 Å². The molecular weight excluding hydrogens is 234 g/mol. The van der Waals surface area contributed by atoms with Crippen LogP contribution in [0.15, 0.2) is 18.2 Å². The quantitative estimate of drug-likeness (QED) is 0.879. The SMILES string of the molecule is CC(C)N1CC[C@@H](N)C[C@H]1c1ccc(F)c(F)c1. The minimum atomic E-state index is -0.796. The van der Waals surface area contributed by atoms with E-state index >= 15 is 0 Å². The summed E-state index contributed by atoms with van der Waals surface area (Å²) in [5, 5.41) is 0. The Morgan fingerprint density at radius 1 is 1.28 bits per heavy atom. The van der Waals surface area contributed by atoms with E-state index in [9.17, 15) is 8.78 Å². The van der Waals surface area contributed by atoms with Crippen LogP contribution in [-0.4, -0.2) is 23.5 Å². The number of benzene rings is 1. The molecule has 2 N–H and O–H groups in total. The summed E-state index contributed by atoms with van der Waals surface area (Å²) < 4.78 is 26.3. The van der Waals surface area contributed by atoms with E-state index in [1.807, 2.05) is 0 Å². The zero-order chi connectivity index (χ0) is 13.3. The summed E-state index contributed by atoms with van der Waals surface area (Å²) in [5.41, 5.74) is 6.82. The van der Waals surface area contributed by atoms with Crippen molar-refractivity contribution in [2.24, 2.45) is 5.73 Å². The number of hydrogen-bond donors (Lipinski definition) is 1. The summed E-state index contributed by atoms with van der Waals surface area (Å²) in [4.78, 5) is 2.30. The number of rotatable bonds is 2. The van der Waals surface area contributed by atoms with Gasteiger partial charge in [0.15, 0.2) is 11.6 Å². The third-order valence-electron chi connectivity index (χ3n) is 3.68. The fraction of sp³-hybridized carbons (Fsp3) is 0.571. The van der Waals surface area contributed by atoms with Crippen molar-refractivity contribution < 1.29 is 8.78 Å².